The molecule has 0 aliphatic carbocycles. The highest BCUT2D eigenvalue weighted by molar-refractivity contribution is 5.48. The van der Waals surface area contributed by atoms with Gasteiger partial charge in [-0.15, -0.1) is 0 Å². The Labute approximate surface area is 191 Å². The first-order chi connectivity index (χ1) is 14.9. The Morgan fingerprint density at radius 2 is 1.71 bits per heavy atom. The van der Waals surface area contributed by atoms with Crippen LogP contribution in [0.5, 0.6) is 0 Å². The third kappa shape index (κ3) is 8.05. The van der Waals surface area contributed by atoms with Crippen LogP contribution in [0, 0.1) is 5.92 Å². The van der Waals surface area contributed by atoms with E-state index >= 15 is 0 Å². The van der Waals surface area contributed by atoms with Gasteiger partial charge in [-0.1, -0.05) is 26.0 Å². The van der Waals surface area contributed by atoms with Gasteiger partial charge in [-0.05, 0) is 63.9 Å². The number of ether oxygens (including phenoxy) is 1. The highest BCUT2D eigenvalue weighted by Crippen LogP contribution is 2.19. The topological polar surface area (TPSA) is 22.2 Å². The van der Waals surface area contributed by atoms with Crippen molar-refractivity contribution in [3.05, 3.63) is 29.8 Å². The van der Waals surface area contributed by atoms with Crippen LogP contribution in [0.4, 0.5) is 5.69 Å². The molecule has 3 rings (SSSR count). The quantitative estimate of drug-likeness (QED) is 0.562. The molecule has 0 spiro atoms. The van der Waals surface area contributed by atoms with Gasteiger partial charge in [0.05, 0.1) is 12.7 Å². The number of hydrogen-bond donors (Lipinski definition) is 0. The lowest BCUT2D eigenvalue weighted by molar-refractivity contribution is -0.0417. The van der Waals surface area contributed by atoms with Gasteiger partial charge in [-0.3, -0.25) is 14.7 Å². The predicted molar refractivity (Wildman–Crippen MR) is 132 cm³/mol. The van der Waals surface area contributed by atoms with Crippen molar-refractivity contribution in [2.75, 3.05) is 70.9 Å². The van der Waals surface area contributed by atoms with Crippen LogP contribution in [0.15, 0.2) is 24.3 Å². The van der Waals surface area contributed by atoms with Crippen LogP contribution in [0.1, 0.15) is 46.1 Å². The van der Waals surface area contributed by atoms with Gasteiger partial charge in [-0.25, -0.2) is 0 Å². The van der Waals surface area contributed by atoms with Crippen LogP contribution < -0.4 is 4.90 Å². The molecule has 0 unspecified atom stereocenters. The summed E-state index contributed by atoms with van der Waals surface area (Å²) in [5.41, 5.74) is 2.75. The molecule has 1 atom stereocenters. The number of morpholine rings is 1. The van der Waals surface area contributed by atoms with Crippen LogP contribution >= 0.6 is 0 Å². The SMILES string of the molecule is CC(C)CCCN1CCO[C@H](CN(C)Cc2ccc(N3CCN(C(C)C)CC3)cc2)C1. The molecule has 31 heavy (non-hydrogen) atoms. The fourth-order valence-electron chi connectivity index (χ4n) is 4.85. The van der Waals surface area contributed by atoms with Crippen molar-refractivity contribution < 1.29 is 4.74 Å². The summed E-state index contributed by atoms with van der Waals surface area (Å²) in [6.45, 7) is 20.0. The summed E-state index contributed by atoms with van der Waals surface area (Å²) in [6.07, 6.45) is 2.96. The molecule has 2 heterocycles. The molecule has 0 saturated carbocycles. The molecular weight excluding hydrogens is 384 g/mol. The Morgan fingerprint density at radius 1 is 1.00 bits per heavy atom. The van der Waals surface area contributed by atoms with Crippen molar-refractivity contribution in [2.24, 2.45) is 5.92 Å². The van der Waals surface area contributed by atoms with Crippen LogP contribution in [0.3, 0.4) is 0 Å². The minimum Gasteiger partial charge on any atom is -0.374 e. The Kier molecular flexibility index (Phi) is 9.64. The van der Waals surface area contributed by atoms with Gasteiger partial charge < -0.3 is 9.64 Å². The van der Waals surface area contributed by atoms with Crippen molar-refractivity contribution in [1.29, 1.82) is 0 Å². The van der Waals surface area contributed by atoms with Crippen molar-refractivity contribution in [1.82, 2.24) is 14.7 Å². The second kappa shape index (κ2) is 12.2. The zero-order valence-corrected chi connectivity index (χ0v) is 20.7. The Bertz CT molecular complexity index is 625. The zero-order chi connectivity index (χ0) is 22.2. The number of hydrogen-bond acceptors (Lipinski definition) is 5. The van der Waals surface area contributed by atoms with Gasteiger partial charge in [0.15, 0.2) is 0 Å². The second-order valence-electron chi connectivity index (χ2n) is 10.3. The summed E-state index contributed by atoms with van der Waals surface area (Å²) < 4.78 is 6.07. The third-order valence-corrected chi connectivity index (χ3v) is 6.79. The monoisotopic (exact) mass is 430 g/mol. The number of nitrogens with zero attached hydrogens (tertiary/aromatic N) is 4. The molecule has 1 aromatic carbocycles. The number of piperazine rings is 1. The summed E-state index contributed by atoms with van der Waals surface area (Å²) in [6, 6.07) is 9.88. The summed E-state index contributed by atoms with van der Waals surface area (Å²) in [5.74, 6) is 0.805. The average Bonchev–Trinajstić information content (AvgIpc) is 2.74. The van der Waals surface area contributed by atoms with E-state index in [1.807, 2.05) is 0 Å². The van der Waals surface area contributed by atoms with Gasteiger partial charge in [0.1, 0.15) is 0 Å². The number of anilines is 1. The maximum absolute atomic E-state index is 6.07. The standard InChI is InChI=1S/C26H46N4O/c1-22(2)7-6-12-28-17-18-31-26(21-28)20-27(5)19-24-8-10-25(11-9-24)30-15-13-29(14-16-30)23(3)4/h8-11,22-23,26H,6-7,12-21H2,1-5H3/t26-/m1/s1. The first kappa shape index (κ1) is 24.5. The fraction of sp³-hybridized carbons (Fsp3) is 0.769. The summed E-state index contributed by atoms with van der Waals surface area (Å²) in [5, 5.41) is 0. The average molecular weight is 431 g/mol. The second-order valence-corrected chi connectivity index (χ2v) is 10.3. The molecule has 176 valence electrons. The van der Waals surface area contributed by atoms with Gasteiger partial charge in [0.2, 0.25) is 0 Å². The highest BCUT2D eigenvalue weighted by Gasteiger charge is 2.22. The van der Waals surface area contributed by atoms with Crippen molar-refractivity contribution >= 4 is 5.69 Å². The van der Waals surface area contributed by atoms with E-state index in [9.17, 15) is 0 Å². The van der Waals surface area contributed by atoms with Gasteiger partial charge >= 0.3 is 0 Å². The highest BCUT2D eigenvalue weighted by atomic mass is 16.5. The van der Waals surface area contributed by atoms with Crippen molar-refractivity contribution in [3.63, 3.8) is 0 Å². The van der Waals surface area contributed by atoms with E-state index in [2.05, 4.69) is 78.6 Å². The van der Waals surface area contributed by atoms with E-state index in [-0.39, 0.29) is 0 Å². The first-order valence-corrected chi connectivity index (χ1v) is 12.5. The molecule has 1 aromatic rings. The van der Waals surface area contributed by atoms with E-state index in [0.29, 0.717) is 12.1 Å². The first-order valence-electron chi connectivity index (χ1n) is 12.5. The zero-order valence-electron chi connectivity index (χ0n) is 20.7. The molecule has 5 heteroatoms. The van der Waals surface area contributed by atoms with Crippen molar-refractivity contribution in [3.8, 4) is 0 Å². The van der Waals surface area contributed by atoms with Crippen LogP contribution in [0.25, 0.3) is 0 Å². The largest absolute Gasteiger partial charge is 0.374 e. The minimum atomic E-state index is 0.328. The fourth-order valence-corrected chi connectivity index (χ4v) is 4.85. The van der Waals surface area contributed by atoms with Crippen molar-refractivity contribution in [2.45, 2.75) is 59.2 Å². The molecule has 2 saturated heterocycles. The maximum Gasteiger partial charge on any atom is 0.0829 e. The lowest BCUT2D eigenvalue weighted by Crippen LogP contribution is -2.48. The Hall–Kier alpha value is -1.14. The summed E-state index contributed by atoms with van der Waals surface area (Å²) >= 11 is 0. The Morgan fingerprint density at radius 3 is 2.35 bits per heavy atom. The molecule has 2 aliphatic rings. The van der Waals surface area contributed by atoms with Gasteiger partial charge in [0, 0.05) is 64.1 Å². The summed E-state index contributed by atoms with van der Waals surface area (Å²) in [7, 11) is 2.22. The molecule has 5 nitrogen and oxygen atoms in total. The van der Waals surface area contributed by atoms with Crippen LogP contribution in [-0.4, -0.2) is 92.9 Å². The van der Waals surface area contributed by atoms with Crippen LogP contribution in [-0.2, 0) is 11.3 Å². The number of rotatable bonds is 10. The van der Waals surface area contributed by atoms with E-state index in [0.717, 1.165) is 64.9 Å². The predicted octanol–water partition coefficient (Wildman–Crippen LogP) is 3.79. The molecule has 0 bridgehead atoms. The van der Waals surface area contributed by atoms with Gasteiger partial charge in [0.25, 0.3) is 0 Å². The molecular formula is C26H46N4O. The number of benzene rings is 1. The molecule has 0 amide bonds. The Balaban J connectivity index is 1.40. The third-order valence-electron chi connectivity index (χ3n) is 6.79. The van der Waals surface area contributed by atoms with Gasteiger partial charge in [-0.2, -0.15) is 0 Å². The lowest BCUT2D eigenvalue weighted by atomic mass is 10.1. The minimum absolute atomic E-state index is 0.328. The van der Waals surface area contributed by atoms with Crippen LogP contribution in [0.2, 0.25) is 0 Å². The number of likely N-dealkylation sites (N-methyl/N-ethyl adjacent to an activating group) is 1. The molecule has 2 fully saturated rings. The maximum atomic E-state index is 6.07. The lowest BCUT2D eigenvalue weighted by Gasteiger charge is -2.38. The molecule has 2 aliphatic heterocycles. The summed E-state index contributed by atoms with van der Waals surface area (Å²) in [4.78, 5) is 10.1. The molecule has 0 aromatic heterocycles. The normalized spacial score (nSPS) is 21.5. The molecule has 0 radical (unpaired) electrons. The van der Waals surface area contributed by atoms with E-state index in [1.54, 1.807) is 0 Å². The van der Waals surface area contributed by atoms with E-state index in [4.69, 9.17) is 4.74 Å². The molecule has 0 N–H and O–H groups in total. The smallest absolute Gasteiger partial charge is 0.0829 e. The van der Waals surface area contributed by atoms with E-state index < -0.39 is 0 Å². The van der Waals surface area contributed by atoms with E-state index in [1.165, 1.54) is 30.6 Å².